The summed E-state index contributed by atoms with van der Waals surface area (Å²) in [5.74, 6) is 0. The van der Waals surface area contributed by atoms with Crippen LogP contribution in [0, 0.1) is 0 Å². The molecule has 5 nitrogen and oxygen atoms in total. The Morgan fingerprint density at radius 2 is 2.29 bits per heavy atom. The van der Waals surface area contributed by atoms with Gasteiger partial charge in [0.2, 0.25) is 0 Å². The SMILES string of the molecule is OB(O)On1ccc(-c2cccs2)n1. The van der Waals surface area contributed by atoms with E-state index in [0.717, 1.165) is 15.4 Å². The fraction of sp³-hybridized carbons (Fsp3) is 0. The van der Waals surface area contributed by atoms with Crippen LogP contribution in [-0.4, -0.2) is 27.3 Å². The molecular weight excluding hydrogens is 203 g/mol. The maximum Gasteiger partial charge on any atom is 0.729 e. The van der Waals surface area contributed by atoms with Crippen LogP contribution in [0.4, 0.5) is 0 Å². The van der Waals surface area contributed by atoms with E-state index in [1.165, 1.54) is 6.20 Å². The van der Waals surface area contributed by atoms with Crippen LogP contribution in [0.25, 0.3) is 10.6 Å². The van der Waals surface area contributed by atoms with E-state index in [1.54, 1.807) is 17.4 Å². The topological polar surface area (TPSA) is 67.5 Å². The highest BCUT2D eigenvalue weighted by Crippen LogP contribution is 2.21. The van der Waals surface area contributed by atoms with Gasteiger partial charge in [0.25, 0.3) is 0 Å². The van der Waals surface area contributed by atoms with Gasteiger partial charge in [-0.1, -0.05) is 6.07 Å². The maximum absolute atomic E-state index is 8.52. The summed E-state index contributed by atoms with van der Waals surface area (Å²) in [6.07, 6.45) is 1.51. The maximum atomic E-state index is 8.52. The fourth-order valence-corrected chi connectivity index (χ4v) is 1.71. The second-order valence-electron chi connectivity index (χ2n) is 2.51. The molecule has 0 aliphatic heterocycles. The minimum Gasteiger partial charge on any atom is -0.405 e. The number of hydrogen-bond donors (Lipinski definition) is 2. The van der Waals surface area contributed by atoms with Crippen molar-refractivity contribution in [1.82, 2.24) is 9.94 Å². The van der Waals surface area contributed by atoms with Gasteiger partial charge in [0.15, 0.2) is 0 Å². The molecule has 0 saturated carbocycles. The van der Waals surface area contributed by atoms with E-state index in [2.05, 4.69) is 9.85 Å². The summed E-state index contributed by atoms with van der Waals surface area (Å²) in [7, 11) is -1.86. The second-order valence-corrected chi connectivity index (χ2v) is 3.46. The van der Waals surface area contributed by atoms with Crippen LogP contribution in [-0.2, 0) is 0 Å². The lowest BCUT2D eigenvalue weighted by Crippen LogP contribution is -2.29. The summed E-state index contributed by atoms with van der Waals surface area (Å²) < 4.78 is 4.51. The molecule has 2 aromatic heterocycles. The lowest BCUT2D eigenvalue weighted by atomic mass is 10.3. The first-order chi connectivity index (χ1) is 6.75. The predicted molar refractivity (Wildman–Crippen MR) is 52.3 cm³/mol. The molecule has 72 valence electrons. The average molecular weight is 210 g/mol. The zero-order valence-corrected chi connectivity index (χ0v) is 7.89. The Bertz CT molecular complexity index is 401. The van der Waals surface area contributed by atoms with Crippen molar-refractivity contribution in [3.05, 3.63) is 29.8 Å². The van der Waals surface area contributed by atoms with E-state index in [4.69, 9.17) is 10.0 Å². The van der Waals surface area contributed by atoms with Crippen molar-refractivity contribution in [2.24, 2.45) is 0 Å². The van der Waals surface area contributed by atoms with E-state index in [0.29, 0.717) is 0 Å². The summed E-state index contributed by atoms with van der Waals surface area (Å²) in [5, 5.41) is 23.0. The molecule has 0 radical (unpaired) electrons. The smallest absolute Gasteiger partial charge is 0.405 e. The summed E-state index contributed by atoms with van der Waals surface area (Å²) in [5.41, 5.74) is 0.737. The van der Waals surface area contributed by atoms with Gasteiger partial charge in [0.1, 0.15) is 5.69 Å². The lowest BCUT2D eigenvalue weighted by molar-refractivity contribution is 0.141. The van der Waals surface area contributed by atoms with Gasteiger partial charge in [-0.05, 0) is 17.5 Å². The quantitative estimate of drug-likeness (QED) is 0.700. The van der Waals surface area contributed by atoms with Crippen LogP contribution in [0.5, 0.6) is 0 Å². The first-order valence-electron chi connectivity index (χ1n) is 3.88. The number of thiophene rings is 1. The zero-order chi connectivity index (χ0) is 9.97. The van der Waals surface area contributed by atoms with Gasteiger partial charge in [-0.2, -0.15) is 0 Å². The van der Waals surface area contributed by atoms with E-state index in [-0.39, 0.29) is 0 Å². The van der Waals surface area contributed by atoms with Crippen molar-refractivity contribution in [1.29, 1.82) is 0 Å². The van der Waals surface area contributed by atoms with Gasteiger partial charge in [-0.15, -0.1) is 21.3 Å². The second kappa shape index (κ2) is 3.83. The van der Waals surface area contributed by atoms with Crippen LogP contribution in [0.2, 0.25) is 0 Å². The van der Waals surface area contributed by atoms with Crippen molar-refractivity contribution >= 4 is 18.7 Å². The molecule has 0 fully saturated rings. The van der Waals surface area contributed by atoms with Gasteiger partial charge in [0, 0.05) is 0 Å². The third-order valence-corrected chi connectivity index (χ3v) is 2.43. The number of nitrogens with zero attached hydrogens (tertiary/aromatic N) is 2. The van der Waals surface area contributed by atoms with Crippen LogP contribution in [0.1, 0.15) is 0 Å². The summed E-state index contributed by atoms with van der Waals surface area (Å²) >= 11 is 1.55. The highest BCUT2D eigenvalue weighted by molar-refractivity contribution is 7.13. The van der Waals surface area contributed by atoms with Gasteiger partial charge in [-0.25, -0.2) is 0 Å². The van der Waals surface area contributed by atoms with Crippen LogP contribution in [0.15, 0.2) is 29.8 Å². The number of aromatic nitrogens is 2. The molecule has 2 aromatic rings. The van der Waals surface area contributed by atoms with Crippen LogP contribution < -0.4 is 4.76 Å². The lowest BCUT2D eigenvalue weighted by Gasteiger charge is -2.00. The Balaban J connectivity index is 2.18. The molecule has 14 heavy (non-hydrogen) atoms. The number of hydrogen-bond acceptors (Lipinski definition) is 5. The van der Waals surface area contributed by atoms with Gasteiger partial charge < -0.3 is 14.8 Å². The molecule has 0 amide bonds. The third kappa shape index (κ3) is 1.95. The van der Waals surface area contributed by atoms with Crippen LogP contribution in [0.3, 0.4) is 0 Å². The molecule has 2 N–H and O–H groups in total. The van der Waals surface area contributed by atoms with E-state index in [9.17, 15) is 0 Å². The summed E-state index contributed by atoms with van der Waals surface area (Å²) in [6.45, 7) is 0. The first-order valence-corrected chi connectivity index (χ1v) is 4.76. The van der Waals surface area contributed by atoms with Crippen molar-refractivity contribution in [2.75, 3.05) is 0 Å². The average Bonchev–Trinajstić information content (AvgIpc) is 2.69. The van der Waals surface area contributed by atoms with Crippen molar-refractivity contribution in [3.8, 4) is 10.6 Å². The Hall–Kier alpha value is -1.31. The van der Waals surface area contributed by atoms with E-state index < -0.39 is 7.32 Å². The summed E-state index contributed by atoms with van der Waals surface area (Å²) in [4.78, 5) is 2.01. The Morgan fingerprint density at radius 1 is 1.43 bits per heavy atom. The van der Waals surface area contributed by atoms with Crippen molar-refractivity contribution in [3.63, 3.8) is 0 Å². The monoisotopic (exact) mass is 210 g/mol. The Morgan fingerprint density at radius 3 is 2.93 bits per heavy atom. The largest absolute Gasteiger partial charge is 0.729 e. The van der Waals surface area contributed by atoms with Crippen molar-refractivity contribution < 1.29 is 14.8 Å². The first kappa shape index (κ1) is 9.26. The van der Waals surface area contributed by atoms with Crippen molar-refractivity contribution in [2.45, 2.75) is 0 Å². The Kier molecular flexibility index (Phi) is 2.53. The van der Waals surface area contributed by atoms with Crippen LogP contribution >= 0.6 is 11.3 Å². The molecule has 0 bridgehead atoms. The highest BCUT2D eigenvalue weighted by atomic mass is 32.1. The number of rotatable bonds is 3. The fourth-order valence-electron chi connectivity index (χ4n) is 1.02. The Labute approximate surface area is 84.3 Å². The van der Waals surface area contributed by atoms with E-state index in [1.807, 2.05) is 17.5 Å². The minimum absolute atomic E-state index is 0.737. The molecule has 0 saturated heterocycles. The van der Waals surface area contributed by atoms with Gasteiger partial charge in [-0.3, -0.25) is 0 Å². The standard InChI is InChI=1S/C7H7BN2O3S/c11-8(12)13-10-4-3-6(9-10)7-2-1-5-14-7/h1-5,11-12H. The molecule has 0 unspecified atom stereocenters. The molecule has 2 heterocycles. The molecule has 0 atom stereocenters. The summed E-state index contributed by atoms with van der Waals surface area (Å²) in [6, 6.07) is 5.57. The predicted octanol–water partition coefficient (Wildman–Crippen LogP) is 0.00970. The van der Waals surface area contributed by atoms with Gasteiger partial charge >= 0.3 is 7.32 Å². The minimum atomic E-state index is -1.86. The van der Waals surface area contributed by atoms with E-state index >= 15 is 0 Å². The molecule has 0 aliphatic rings. The molecule has 2 rings (SSSR count). The highest BCUT2D eigenvalue weighted by Gasteiger charge is 2.12. The molecule has 0 spiro atoms. The zero-order valence-electron chi connectivity index (χ0n) is 7.07. The molecule has 7 heteroatoms. The molecular formula is C7H7BN2O3S. The third-order valence-electron chi connectivity index (χ3n) is 1.54. The normalized spacial score (nSPS) is 10.1. The van der Waals surface area contributed by atoms with Gasteiger partial charge in [0.05, 0.1) is 11.1 Å². The molecule has 0 aromatic carbocycles. The molecule has 0 aliphatic carbocycles.